The van der Waals surface area contributed by atoms with Gasteiger partial charge in [0.25, 0.3) is 0 Å². The lowest BCUT2D eigenvalue weighted by atomic mass is 10.0. The number of nitrogens with one attached hydrogen (secondary N) is 1. The Morgan fingerprint density at radius 1 is 1.10 bits per heavy atom. The molecule has 1 aromatic rings. The normalized spacial score (nSPS) is 13.1. The van der Waals surface area contributed by atoms with Crippen LogP contribution < -0.4 is 11.1 Å². The lowest BCUT2D eigenvalue weighted by Crippen LogP contribution is -2.51. The van der Waals surface area contributed by atoms with Crippen LogP contribution in [0, 0.1) is 11.8 Å². The number of rotatable bonds is 8. The molecule has 0 radical (unpaired) electrons. The summed E-state index contributed by atoms with van der Waals surface area (Å²) in [6.45, 7) is 7.92. The first-order chi connectivity index (χ1) is 13.8. The molecule has 170 valence electrons. The van der Waals surface area contributed by atoms with E-state index in [9.17, 15) is 22.8 Å². The fraction of sp³-hybridized carbons (Fsp3) is 0.550. The van der Waals surface area contributed by atoms with Crippen molar-refractivity contribution in [2.45, 2.75) is 59.0 Å². The number of ether oxygens (including phenoxy) is 1. The van der Waals surface area contributed by atoms with Gasteiger partial charge in [-0.1, -0.05) is 58.0 Å². The van der Waals surface area contributed by atoms with E-state index in [4.69, 9.17) is 20.4 Å². The Bertz CT molecular complexity index is 679. The van der Waals surface area contributed by atoms with Crippen LogP contribution >= 0.6 is 0 Å². The molecule has 7 nitrogen and oxygen atoms in total. The molecule has 10 heteroatoms. The molecule has 1 rings (SSSR count). The summed E-state index contributed by atoms with van der Waals surface area (Å²) in [4.78, 5) is 33.3. The van der Waals surface area contributed by atoms with Gasteiger partial charge in [-0.05, 0) is 23.8 Å². The van der Waals surface area contributed by atoms with Gasteiger partial charge in [0.2, 0.25) is 5.91 Å². The molecule has 0 unspecified atom stereocenters. The summed E-state index contributed by atoms with van der Waals surface area (Å²) in [5.74, 6) is -3.26. The molecule has 0 aliphatic heterocycles. The summed E-state index contributed by atoms with van der Waals surface area (Å²) in [6, 6.07) is 8.14. The highest BCUT2D eigenvalue weighted by Crippen LogP contribution is 2.13. The molecule has 0 aromatic heterocycles. The Hall–Kier alpha value is -2.62. The lowest BCUT2D eigenvalue weighted by Gasteiger charge is -2.23. The number of alkyl halides is 3. The van der Waals surface area contributed by atoms with Crippen molar-refractivity contribution < 1.29 is 37.4 Å². The zero-order chi connectivity index (χ0) is 23.5. The van der Waals surface area contributed by atoms with E-state index in [1.54, 1.807) is 0 Å². The van der Waals surface area contributed by atoms with Crippen LogP contribution in [0.1, 0.15) is 39.7 Å². The second-order valence-electron chi connectivity index (χ2n) is 7.36. The van der Waals surface area contributed by atoms with Crippen LogP contribution in [-0.4, -0.2) is 41.2 Å². The number of hydrogen-bond donors (Lipinski definition) is 3. The first kappa shape index (κ1) is 27.4. The van der Waals surface area contributed by atoms with Crippen molar-refractivity contribution >= 4 is 17.8 Å². The molecule has 0 saturated heterocycles. The van der Waals surface area contributed by atoms with Crippen LogP contribution in [0.5, 0.6) is 0 Å². The van der Waals surface area contributed by atoms with Gasteiger partial charge in [-0.15, -0.1) is 0 Å². The number of esters is 1. The number of carbonyl (C=O) groups is 3. The maximum absolute atomic E-state index is 12.3. The first-order valence-corrected chi connectivity index (χ1v) is 9.32. The zero-order valence-electron chi connectivity index (χ0n) is 17.4. The Balaban J connectivity index is 0.00000103. The maximum Gasteiger partial charge on any atom is 0.490 e. The van der Waals surface area contributed by atoms with Crippen LogP contribution in [0.2, 0.25) is 0 Å². The van der Waals surface area contributed by atoms with Crippen molar-refractivity contribution in [1.29, 1.82) is 0 Å². The molecule has 1 amide bonds. The minimum Gasteiger partial charge on any atom is -0.475 e. The maximum atomic E-state index is 12.3. The van der Waals surface area contributed by atoms with Gasteiger partial charge in [0.15, 0.2) is 0 Å². The number of halogens is 3. The minimum absolute atomic E-state index is 0.0755. The second kappa shape index (κ2) is 12.8. The van der Waals surface area contributed by atoms with Gasteiger partial charge in [0.1, 0.15) is 12.6 Å². The summed E-state index contributed by atoms with van der Waals surface area (Å²) in [5.41, 5.74) is 6.78. The van der Waals surface area contributed by atoms with Gasteiger partial charge in [0.05, 0.1) is 6.04 Å². The van der Waals surface area contributed by atoms with Gasteiger partial charge < -0.3 is 20.9 Å². The highest BCUT2D eigenvalue weighted by molar-refractivity contribution is 5.87. The van der Waals surface area contributed by atoms with E-state index in [1.165, 1.54) is 0 Å². The van der Waals surface area contributed by atoms with Crippen LogP contribution in [0.4, 0.5) is 13.2 Å². The number of hydrogen-bond acceptors (Lipinski definition) is 5. The number of aliphatic carboxylic acids is 1. The van der Waals surface area contributed by atoms with Crippen molar-refractivity contribution in [3.05, 3.63) is 35.9 Å². The molecule has 0 aliphatic rings. The highest BCUT2D eigenvalue weighted by atomic mass is 19.4. The van der Waals surface area contributed by atoms with Crippen LogP contribution in [-0.2, 0) is 25.7 Å². The number of nitrogens with two attached hydrogens (primary N) is 1. The Labute approximate surface area is 173 Å². The van der Waals surface area contributed by atoms with E-state index >= 15 is 0 Å². The molecule has 0 aliphatic carbocycles. The third-order valence-electron chi connectivity index (χ3n) is 3.75. The topological polar surface area (TPSA) is 119 Å². The monoisotopic (exact) mass is 434 g/mol. The molecule has 30 heavy (non-hydrogen) atoms. The SMILES string of the molecule is CC(C)C[C@@H](N)C(=O)N[C@@H](C(=O)OCc1ccccc1)C(C)C.O=C(O)C(F)(F)F. The molecular weight excluding hydrogens is 405 g/mol. The summed E-state index contributed by atoms with van der Waals surface area (Å²) in [5, 5.41) is 9.84. The van der Waals surface area contributed by atoms with Crippen LogP contribution in [0.15, 0.2) is 30.3 Å². The number of carbonyl (C=O) groups excluding carboxylic acids is 2. The fourth-order valence-electron chi connectivity index (χ4n) is 2.19. The number of carboxylic acids is 1. The van der Waals surface area contributed by atoms with Gasteiger partial charge in [0, 0.05) is 0 Å². The Morgan fingerprint density at radius 2 is 1.60 bits per heavy atom. The largest absolute Gasteiger partial charge is 0.490 e. The summed E-state index contributed by atoms with van der Waals surface area (Å²) >= 11 is 0. The summed E-state index contributed by atoms with van der Waals surface area (Å²) < 4.78 is 37.1. The van der Waals surface area contributed by atoms with Crippen molar-refractivity contribution in [1.82, 2.24) is 5.32 Å². The quantitative estimate of drug-likeness (QED) is 0.542. The predicted octanol–water partition coefficient (Wildman–Crippen LogP) is 2.88. The average molecular weight is 434 g/mol. The Morgan fingerprint density at radius 3 is 2.00 bits per heavy atom. The molecule has 0 saturated carbocycles. The molecule has 0 bridgehead atoms. The minimum atomic E-state index is -5.08. The van der Waals surface area contributed by atoms with E-state index < -0.39 is 30.2 Å². The van der Waals surface area contributed by atoms with Crippen molar-refractivity contribution in [3.8, 4) is 0 Å². The van der Waals surface area contributed by atoms with Gasteiger partial charge in [-0.3, -0.25) is 4.79 Å². The smallest absolute Gasteiger partial charge is 0.475 e. The number of carboxylic acid groups (broad SMARTS) is 1. The molecule has 0 heterocycles. The van der Waals surface area contributed by atoms with Crippen molar-refractivity contribution in [3.63, 3.8) is 0 Å². The molecule has 0 fully saturated rings. The molecule has 2 atom stereocenters. The highest BCUT2D eigenvalue weighted by Gasteiger charge is 2.38. The molecular formula is C20H29F3N2O5. The average Bonchev–Trinajstić information content (AvgIpc) is 2.63. The van der Waals surface area contributed by atoms with E-state index in [0.29, 0.717) is 12.3 Å². The molecule has 1 aromatic carbocycles. The molecule has 0 spiro atoms. The first-order valence-electron chi connectivity index (χ1n) is 9.32. The lowest BCUT2D eigenvalue weighted by molar-refractivity contribution is -0.192. The standard InChI is InChI=1S/C18H28N2O3.C2HF3O2/c1-12(2)10-15(19)17(21)20-16(13(3)4)18(22)23-11-14-8-6-5-7-9-14;3-2(4,5)1(6)7/h5-9,12-13,15-16H,10-11,19H2,1-4H3,(H,20,21);(H,6,7)/t15-,16-;/m1./s1. The summed E-state index contributed by atoms with van der Waals surface area (Å²) in [7, 11) is 0. The third-order valence-corrected chi connectivity index (χ3v) is 3.75. The predicted molar refractivity (Wildman–Crippen MR) is 104 cm³/mol. The zero-order valence-corrected chi connectivity index (χ0v) is 17.4. The van der Waals surface area contributed by atoms with Crippen LogP contribution in [0.25, 0.3) is 0 Å². The number of benzene rings is 1. The van der Waals surface area contributed by atoms with Gasteiger partial charge in [-0.25, -0.2) is 9.59 Å². The fourth-order valence-corrected chi connectivity index (χ4v) is 2.19. The van der Waals surface area contributed by atoms with Crippen LogP contribution in [0.3, 0.4) is 0 Å². The summed E-state index contributed by atoms with van der Waals surface area (Å²) in [6.07, 6.45) is -4.50. The third kappa shape index (κ3) is 11.4. The second-order valence-corrected chi connectivity index (χ2v) is 7.36. The van der Waals surface area contributed by atoms with E-state index in [0.717, 1.165) is 5.56 Å². The Kier molecular flexibility index (Phi) is 11.7. The van der Waals surface area contributed by atoms with Gasteiger partial charge >= 0.3 is 18.1 Å². The van der Waals surface area contributed by atoms with E-state index in [2.05, 4.69) is 5.32 Å². The van der Waals surface area contributed by atoms with Crippen molar-refractivity contribution in [2.75, 3.05) is 0 Å². The molecule has 4 N–H and O–H groups in total. The van der Waals surface area contributed by atoms with Gasteiger partial charge in [-0.2, -0.15) is 13.2 Å². The number of amides is 1. The van der Waals surface area contributed by atoms with E-state index in [-0.39, 0.29) is 18.4 Å². The van der Waals surface area contributed by atoms with E-state index in [1.807, 2.05) is 58.0 Å². The van der Waals surface area contributed by atoms with Crippen molar-refractivity contribution in [2.24, 2.45) is 17.6 Å².